The van der Waals surface area contributed by atoms with Gasteiger partial charge in [0.05, 0.1) is 0 Å². The Morgan fingerprint density at radius 1 is 0.968 bits per heavy atom. The summed E-state index contributed by atoms with van der Waals surface area (Å²) in [6, 6.07) is 19.2. The number of hydrogen-bond donors (Lipinski definition) is 3. The lowest BCUT2D eigenvalue weighted by atomic mass is 10.2. The number of aromatic amines is 1. The van der Waals surface area contributed by atoms with Gasteiger partial charge in [-0.25, -0.2) is 4.79 Å². The fourth-order valence-electron chi connectivity index (χ4n) is 3.30. The van der Waals surface area contributed by atoms with Gasteiger partial charge < -0.3 is 10.6 Å². The molecule has 0 atom stereocenters. The van der Waals surface area contributed by atoms with Gasteiger partial charge in [-0.2, -0.15) is 4.98 Å². The predicted octanol–water partition coefficient (Wildman–Crippen LogP) is 1.35. The second-order valence-corrected chi connectivity index (χ2v) is 7.11. The number of aromatic nitrogens is 4. The minimum atomic E-state index is -0.589. The maximum Gasteiger partial charge on any atom is 0.329 e. The summed E-state index contributed by atoms with van der Waals surface area (Å²) >= 11 is 0. The molecule has 0 saturated carbocycles. The van der Waals surface area contributed by atoms with Crippen LogP contribution in [-0.2, 0) is 31.5 Å². The van der Waals surface area contributed by atoms with Crippen molar-refractivity contribution in [3.8, 4) is 0 Å². The number of anilines is 1. The zero-order valence-electron chi connectivity index (χ0n) is 17.0. The molecule has 0 bridgehead atoms. The molecule has 0 radical (unpaired) electrons. The van der Waals surface area contributed by atoms with E-state index in [1.54, 1.807) is 0 Å². The smallest absolute Gasteiger partial charge is 0.329 e. The Kier molecular flexibility index (Phi) is 5.65. The van der Waals surface area contributed by atoms with Crippen molar-refractivity contribution in [2.24, 2.45) is 7.05 Å². The first-order chi connectivity index (χ1) is 15.0. The van der Waals surface area contributed by atoms with Gasteiger partial charge in [-0.1, -0.05) is 60.7 Å². The molecule has 31 heavy (non-hydrogen) atoms. The summed E-state index contributed by atoms with van der Waals surface area (Å²) < 4.78 is 2.75. The third-order valence-electron chi connectivity index (χ3n) is 4.93. The number of benzene rings is 2. The number of carbonyl (C=O) groups is 1. The normalized spacial score (nSPS) is 10.9. The highest BCUT2D eigenvalue weighted by Gasteiger charge is 2.19. The van der Waals surface area contributed by atoms with Crippen molar-refractivity contribution >= 4 is 23.0 Å². The Morgan fingerprint density at radius 3 is 2.23 bits per heavy atom. The van der Waals surface area contributed by atoms with Crippen LogP contribution in [0.25, 0.3) is 11.2 Å². The van der Waals surface area contributed by atoms with Gasteiger partial charge >= 0.3 is 5.69 Å². The average molecular weight is 418 g/mol. The van der Waals surface area contributed by atoms with Crippen molar-refractivity contribution in [1.82, 2.24) is 24.4 Å². The maximum atomic E-state index is 12.6. The molecule has 0 aliphatic carbocycles. The lowest BCUT2D eigenvalue weighted by molar-refractivity contribution is -0.121. The van der Waals surface area contributed by atoms with Crippen LogP contribution in [0.5, 0.6) is 0 Å². The van der Waals surface area contributed by atoms with E-state index in [0.29, 0.717) is 19.0 Å². The zero-order valence-corrected chi connectivity index (χ0v) is 17.0. The summed E-state index contributed by atoms with van der Waals surface area (Å²) in [5.41, 5.74) is 1.19. The van der Waals surface area contributed by atoms with E-state index in [1.165, 1.54) is 16.2 Å². The fraction of sp³-hybridized carbons (Fsp3) is 0.182. The highest BCUT2D eigenvalue weighted by molar-refractivity contribution is 5.81. The minimum Gasteiger partial charge on any atom is -0.351 e. The first-order valence-electron chi connectivity index (χ1n) is 9.81. The second kappa shape index (κ2) is 8.70. The molecule has 4 rings (SSSR count). The lowest BCUT2D eigenvalue weighted by Crippen LogP contribution is -2.31. The summed E-state index contributed by atoms with van der Waals surface area (Å²) in [5.74, 6) is 0.0552. The summed E-state index contributed by atoms with van der Waals surface area (Å²) in [6.45, 7) is 0.692. The van der Waals surface area contributed by atoms with Crippen LogP contribution in [0.4, 0.5) is 5.95 Å². The molecule has 0 aliphatic heterocycles. The number of nitrogens with zero attached hydrogens (tertiary/aromatic N) is 3. The third-order valence-corrected chi connectivity index (χ3v) is 4.93. The van der Waals surface area contributed by atoms with Crippen LogP contribution < -0.4 is 21.9 Å². The number of fused-ring (bicyclic) bond motifs is 1. The van der Waals surface area contributed by atoms with Gasteiger partial charge in [0, 0.05) is 20.1 Å². The predicted molar refractivity (Wildman–Crippen MR) is 118 cm³/mol. The molecule has 2 heterocycles. The number of carbonyl (C=O) groups excluding carboxylic acids is 1. The molecule has 2 aromatic heterocycles. The molecule has 0 fully saturated rings. The van der Waals surface area contributed by atoms with Gasteiger partial charge in [-0.3, -0.25) is 23.7 Å². The Morgan fingerprint density at radius 2 is 1.58 bits per heavy atom. The minimum absolute atomic E-state index is 0.123. The first kappa shape index (κ1) is 20.1. The van der Waals surface area contributed by atoms with Crippen LogP contribution in [0, 0.1) is 0 Å². The molecule has 4 aromatic rings. The Bertz CT molecular complexity index is 1320. The van der Waals surface area contributed by atoms with Crippen LogP contribution >= 0.6 is 0 Å². The monoisotopic (exact) mass is 418 g/mol. The Hall–Kier alpha value is -4.14. The van der Waals surface area contributed by atoms with E-state index in [-0.39, 0.29) is 23.6 Å². The molecule has 158 valence electrons. The molecular weight excluding hydrogens is 396 g/mol. The number of hydrogen-bond acceptors (Lipinski definition) is 5. The van der Waals surface area contributed by atoms with Crippen LogP contribution in [0.2, 0.25) is 0 Å². The second-order valence-electron chi connectivity index (χ2n) is 7.11. The van der Waals surface area contributed by atoms with Crippen LogP contribution in [-0.4, -0.2) is 25.0 Å². The van der Waals surface area contributed by atoms with Gasteiger partial charge in [0.15, 0.2) is 11.2 Å². The number of imidazole rings is 1. The van der Waals surface area contributed by atoms with Crippen LogP contribution in [0.3, 0.4) is 0 Å². The first-order valence-corrected chi connectivity index (χ1v) is 9.81. The van der Waals surface area contributed by atoms with E-state index in [0.717, 1.165) is 11.1 Å². The summed E-state index contributed by atoms with van der Waals surface area (Å²) in [5, 5.41) is 6.03. The van der Waals surface area contributed by atoms with E-state index in [9.17, 15) is 14.4 Å². The molecule has 0 unspecified atom stereocenters. The van der Waals surface area contributed by atoms with Crippen molar-refractivity contribution in [3.05, 3.63) is 92.6 Å². The maximum absolute atomic E-state index is 12.6. The summed E-state index contributed by atoms with van der Waals surface area (Å²) in [7, 11) is 1.52. The fourth-order valence-corrected chi connectivity index (χ4v) is 3.30. The Labute approximate surface area is 177 Å². The van der Waals surface area contributed by atoms with Crippen LogP contribution in [0.15, 0.2) is 70.3 Å². The topological polar surface area (TPSA) is 114 Å². The molecule has 2 aromatic carbocycles. The van der Waals surface area contributed by atoms with Crippen molar-refractivity contribution in [1.29, 1.82) is 0 Å². The molecule has 9 heteroatoms. The van der Waals surface area contributed by atoms with Gasteiger partial charge in [-0.05, 0) is 11.1 Å². The molecule has 3 N–H and O–H groups in total. The average Bonchev–Trinajstić information content (AvgIpc) is 3.15. The van der Waals surface area contributed by atoms with Gasteiger partial charge in [0.25, 0.3) is 5.56 Å². The van der Waals surface area contributed by atoms with E-state index in [4.69, 9.17) is 0 Å². The number of amides is 1. The van der Waals surface area contributed by atoms with Gasteiger partial charge in [0.1, 0.15) is 6.54 Å². The molecule has 0 spiro atoms. The zero-order chi connectivity index (χ0) is 21.8. The highest BCUT2D eigenvalue weighted by Crippen LogP contribution is 2.16. The van der Waals surface area contributed by atoms with E-state index in [1.807, 2.05) is 60.7 Å². The number of H-pyrrole nitrogens is 1. The van der Waals surface area contributed by atoms with Gasteiger partial charge in [0.2, 0.25) is 11.9 Å². The van der Waals surface area contributed by atoms with E-state index >= 15 is 0 Å². The molecule has 0 aliphatic rings. The van der Waals surface area contributed by atoms with Crippen molar-refractivity contribution in [2.45, 2.75) is 19.6 Å². The van der Waals surface area contributed by atoms with Crippen molar-refractivity contribution in [3.63, 3.8) is 0 Å². The van der Waals surface area contributed by atoms with Gasteiger partial charge in [-0.15, -0.1) is 0 Å². The third kappa shape index (κ3) is 4.40. The number of aryl methyl sites for hydroxylation is 1. The molecule has 9 nitrogen and oxygen atoms in total. The number of rotatable bonds is 7. The summed E-state index contributed by atoms with van der Waals surface area (Å²) in [6.07, 6.45) is 0. The molecule has 1 amide bonds. The quantitative estimate of drug-likeness (QED) is 0.419. The molecular formula is C22H22N6O3. The van der Waals surface area contributed by atoms with E-state index < -0.39 is 11.2 Å². The lowest BCUT2D eigenvalue weighted by Gasteiger charge is -2.11. The molecule has 0 saturated heterocycles. The van der Waals surface area contributed by atoms with Crippen molar-refractivity contribution < 1.29 is 4.79 Å². The van der Waals surface area contributed by atoms with E-state index in [2.05, 4.69) is 20.6 Å². The SMILES string of the molecule is Cn1c(=O)[nH]c(=O)c2c1nc(NCc1ccccc1)n2CC(=O)NCc1ccccc1. The number of nitrogens with one attached hydrogen (secondary N) is 3. The van der Waals surface area contributed by atoms with Crippen molar-refractivity contribution in [2.75, 3.05) is 5.32 Å². The standard InChI is InChI=1S/C22H22N6O3/c1-27-19-18(20(30)26-22(27)31)28(14-17(29)23-12-15-8-4-2-5-9-15)21(25-19)24-13-16-10-6-3-7-11-16/h2-11H,12-14H2,1H3,(H,23,29)(H,24,25)(H,26,30,31). The van der Waals surface area contributed by atoms with Crippen LogP contribution in [0.1, 0.15) is 11.1 Å². The summed E-state index contributed by atoms with van der Waals surface area (Å²) in [4.78, 5) is 43.9. The largest absolute Gasteiger partial charge is 0.351 e. The highest BCUT2D eigenvalue weighted by atomic mass is 16.2. The Balaban J connectivity index is 1.64.